The number of aryl methyl sites for hydroxylation is 2. The fourth-order valence-electron chi connectivity index (χ4n) is 2.37. The summed E-state index contributed by atoms with van der Waals surface area (Å²) in [5, 5.41) is 3.15. The van der Waals surface area contributed by atoms with Crippen LogP contribution in [0.25, 0.3) is 0 Å². The van der Waals surface area contributed by atoms with Crippen molar-refractivity contribution in [2.24, 2.45) is 0 Å². The fraction of sp³-hybridized carbons (Fsp3) is 0.562. The number of nitrogens with zero attached hydrogens (tertiary/aromatic N) is 1. The zero-order valence-electron chi connectivity index (χ0n) is 12.6. The molecule has 0 bridgehead atoms. The second kappa shape index (κ2) is 7.14. The van der Waals surface area contributed by atoms with Gasteiger partial charge < -0.3 is 10.2 Å². The molecule has 1 aliphatic heterocycles. The molecule has 0 spiro atoms. The summed E-state index contributed by atoms with van der Waals surface area (Å²) in [7, 11) is 2.13. The Kier molecular flexibility index (Phi) is 5.49. The van der Waals surface area contributed by atoms with Gasteiger partial charge in [-0.1, -0.05) is 6.07 Å². The number of hydrogen-bond acceptors (Lipinski definition) is 3. The first-order chi connectivity index (χ1) is 9.54. The quantitative estimate of drug-likeness (QED) is 0.866. The first-order valence-electron chi connectivity index (χ1n) is 7.22. The Morgan fingerprint density at radius 3 is 2.65 bits per heavy atom. The van der Waals surface area contributed by atoms with Gasteiger partial charge >= 0.3 is 0 Å². The second-order valence-electron chi connectivity index (χ2n) is 5.68. The van der Waals surface area contributed by atoms with Crippen LogP contribution in [0.15, 0.2) is 23.1 Å². The van der Waals surface area contributed by atoms with Gasteiger partial charge in [0.05, 0.1) is 5.75 Å². The minimum atomic E-state index is 0.155. The van der Waals surface area contributed by atoms with Crippen LogP contribution in [0.3, 0.4) is 0 Å². The van der Waals surface area contributed by atoms with E-state index in [4.69, 9.17) is 0 Å². The van der Waals surface area contributed by atoms with Gasteiger partial charge in [0.1, 0.15) is 0 Å². The van der Waals surface area contributed by atoms with E-state index in [0.717, 1.165) is 25.9 Å². The van der Waals surface area contributed by atoms with Crippen molar-refractivity contribution in [3.05, 3.63) is 29.3 Å². The molecule has 2 rings (SSSR count). The number of amides is 1. The molecule has 1 N–H and O–H groups in total. The maximum Gasteiger partial charge on any atom is 0.230 e. The Hall–Kier alpha value is -1.00. The van der Waals surface area contributed by atoms with E-state index in [2.05, 4.69) is 49.3 Å². The number of thioether (sulfide) groups is 1. The molecule has 1 heterocycles. The highest BCUT2D eigenvalue weighted by molar-refractivity contribution is 8.00. The maximum absolute atomic E-state index is 12.0. The molecule has 20 heavy (non-hydrogen) atoms. The predicted molar refractivity (Wildman–Crippen MR) is 85.3 cm³/mol. The van der Waals surface area contributed by atoms with Crippen LogP contribution in [0, 0.1) is 13.8 Å². The van der Waals surface area contributed by atoms with E-state index in [1.54, 1.807) is 11.8 Å². The van der Waals surface area contributed by atoms with E-state index in [0.29, 0.717) is 11.8 Å². The average molecular weight is 292 g/mol. The Balaban J connectivity index is 1.76. The van der Waals surface area contributed by atoms with E-state index >= 15 is 0 Å². The molecular formula is C16H24N2OS. The molecule has 4 heteroatoms. The van der Waals surface area contributed by atoms with Crippen molar-refractivity contribution in [1.82, 2.24) is 10.2 Å². The SMILES string of the molecule is Cc1ccc(SCC(=O)NC2CCN(C)CC2)cc1C. The summed E-state index contributed by atoms with van der Waals surface area (Å²) >= 11 is 1.62. The van der Waals surface area contributed by atoms with E-state index in [1.807, 2.05) is 0 Å². The van der Waals surface area contributed by atoms with E-state index in [9.17, 15) is 4.79 Å². The minimum absolute atomic E-state index is 0.155. The first kappa shape index (κ1) is 15.4. The number of carbonyl (C=O) groups excluding carboxylic acids is 1. The third-order valence-electron chi connectivity index (χ3n) is 3.93. The largest absolute Gasteiger partial charge is 0.353 e. The molecule has 0 aliphatic carbocycles. The van der Waals surface area contributed by atoms with Gasteiger partial charge in [0.15, 0.2) is 0 Å². The van der Waals surface area contributed by atoms with Gasteiger partial charge in [0.2, 0.25) is 5.91 Å². The zero-order chi connectivity index (χ0) is 14.5. The average Bonchev–Trinajstić information content (AvgIpc) is 2.43. The molecule has 3 nitrogen and oxygen atoms in total. The molecule has 0 saturated carbocycles. The summed E-state index contributed by atoms with van der Waals surface area (Å²) in [6.45, 7) is 6.37. The third kappa shape index (κ3) is 4.53. The molecule has 0 atom stereocenters. The number of rotatable bonds is 4. The molecule has 1 aliphatic rings. The highest BCUT2D eigenvalue weighted by Crippen LogP contribution is 2.21. The van der Waals surface area contributed by atoms with E-state index in [-0.39, 0.29) is 5.91 Å². The lowest BCUT2D eigenvalue weighted by atomic mass is 10.1. The summed E-state index contributed by atoms with van der Waals surface area (Å²) in [6, 6.07) is 6.73. The number of carbonyl (C=O) groups is 1. The topological polar surface area (TPSA) is 32.3 Å². The molecule has 1 fully saturated rings. The molecule has 1 amide bonds. The Labute approximate surface area is 126 Å². The molecule has 110 valence electrons. The highest BCUT2D eigenvalue weighted by Gasteiger charge is 2.18. The van der Waals surface area contributed by atoms with Gasteiger partial charge in [0, 0.05) is 10.9 Å². The molecular weight excluding hydrogens is 268 g/mol. The van der Waals surface area contributed by atoms with Gasteiger partial charge in [-0.2, -0.15) is 0 Å². The molecule has 1 aromatic rings. The monoisotopic (exact) mass is 292 g/mol. The molecule has 0 aromatic heterocycles. The maximum atomic E-state index is 12.0. The standard InChI is InChI=1S/C16H24N2OS/c1-12-4-5-15(10-13(12)2)20-11-16(19)17-14-6-8-18(3)9-7-14/h4-5,10,14H,6-9,11H2,1-3H3,(H,17,19). The number of piperidine rings is 1. The lowest BCUT2D eigenvalue weighted by Gasteiger charge is -2.29. The third-order valence-corrected chi connectivity index (χ3v) is 4.93. The Morgan fingerprint density at radius 2 is 2.00 bits per heavy atom. The Bertz CT molecular complexity index is 468. The van der Waals surface area contributed by atoms with E-state index < -0.39 is 0 Å². The number of benzene rings is 1. The van der Waals surface area contributed by atoms with Crippen LogP contribution in [0.4, 0.5) is 0 Å². The molecule has 1 saturated heterocycles. The van der Waals surface area contributed by atoms with Crippen LogP contribution in [0.2, 0.25) is 0 Å². The first-order valence-corrected chi connectivity index (χ1v) is 8.21. The summed E-state index contributed by atoms with van der Waals surface area (Å²) < 4.78 is 0. The van der Waals surface area contributed by atoms with Crippen LogP contribution in [-0.2, 0) is 4.79 Å². The van der Waals surface area contributed by atoms with Gasteiger partial charge in [-0.05, 0) is 70.1 Å². The highest BCUT2D eigenvalue weighted by atomic mass is 32.2. The minimum Gasteiger partial charge on any atom is -0.353 e. The predicted octanol–water partition coefficient (Wildman–Crippen LogP) is 2.61. The van der Waals surface area contributed by atoms with Crippen molar-refractivity contribution in [1.29, 1.82) is 0 Å². The Morgan fingerprint density at radius 1 is 1.30 bits per heavy atom. The summed E-state index contributed by atoms with van der Waals surface area (Å²) in [6.07, 6.45) is 2.13. The van der Waals surface area contributed by atoms with Crippen molar-refractivity contribution in [3.63, 3.8) is 0 Å². The number of hydrogen-bond donors (Lipinski definition) is 1. The van der Waals surface area contributed by atoms with Crippen molar-refractivity contribution in [2.75, 3.05) is 25.9 Å². The van der Waals surface area contributed by atoms with Crippen LogP contribution in [-0.4, -0.2) is 42.7 Å². The molecule has 0 unspecified atom stereocenters. The van der Waals surface area contributed by atoms with Crippen molar-refractivity contribution in [3.8, 4) is 0 Å². The fourth-order valence-corrected chi connectivity index (χ4v) is 3.18. The van der Waals surface area contributed by atoms with Crippen molar-refractivity contribution < 1.29 is 4.79 Å². The number of nitrogens with one attached hydrogen (secondary N) is 1. The molecule has 1 aromatic carbocycles. The second-order valence-corrected chi connectivity index (χ2v) is 6.73. The van der Waals surface area contributed by atoms with Crippen LogP contribution in [0.5, 0.6) is 0 Å². The van der Waals surface area contributed by atoms with Gasteiger partial charge in [-0.25, -0.2) is 0 Å². The zero-order valence-corrected chi connectivity index (χ0v) is 13.4. The summed E-state index contributed by atoms with van der Waals surface area (Å²) in [5.74, 6) is 0.664. The van der Waals surface area contributed by atoms with Crippen molar-refractivity contribution >= 4 is 17.7 Å². The lowest BCUT2D eigenvalue weighted by Crippen LogP contribution is -2.43. The molecule has 0 radical (unpaired) electrons. The van der Waals surface area contributed by atoms with Gasteiger partial charge in [-0.3, -0.25) is 4.79 Å². The van der Waals surface area contributed by atoms with Crippen LogP contribution >= 0.6 is 11.8 Å². The van der Waals surface area contributed by atoms with Crippen LogP contribution < -0.4 is 5.32 Å². The van der Waals surface area contributed by atoms with E-state index in [1.165, 1.54) is 16.0 Å². The van der Waals surface area contributed by atoms with Crippen LogP contribution in [0.1, 0.15) is 24.0 Å². The van der Waals surface area contributed by atoms with Crippen molar-refractivity contribution in [2.45, 2.75) is 37.6 Å². The smallest absolute Gasteiger partial charge is 0.230 e. The lowest BCUT2D eigenvalue weighted by molar-refractivity contribution is -0.119. The summed E-state index contributed by atoms with van der Waals surface area (Å²) in [4.78, 5) is 15.5. The van der Waals surface area contributed by atoms with Gasteiger partial charge in [-0.15, -0.1) is 11.8 Å². The normalized spacial score (nSPS) is 17.1. The van der Waals surface area contributed by atoms with Gasteiger partial charge in [0.25, 0.3) is 0 Å². The number of likely N-dealkylation sites (tertiary alicyclic amines) is 1. The summed E-state index contributed by atoms with van der Waals surface area (Å²) in [5.41, 5.74) is 2.58.